The van der Waals surface area contributed by atoms with E-state index in [1.807, 2.05) is 12.1 Å². The molecule has 1 saturated carbocycles. The molecule has 0 spiro atoms. The summed E-state index contributed by atoms with van der Waals surface area (Å²) in [7, 11) is 3.41. The second-order valence-corrected chi connectivity index (χ2v) is 9.59. The van der Waals surface area contributed by atoms with Crippen molar-refractivity contribution in [2.45, 2.75) is 51.3 Å². The first-order valence-electron chi connectivity index (χ1n) is 10.9. The minimum atomic E-state index is -1.12. The molecule has 2 aromatic rings. The minimum absolute atomic E-state index is 0.213. The molecule has 0 aliphatic heterocycles. The number of aliphatic hydroxyl groups excluding tert-OH is 1. The Hall–Kier alpha value is -2.32. The number of carbonyl (C=O) groups excluding carboxylic acids is 1. The summed E-state index contributed by atoms with van der Waals surface area (Å²) in [6.45, 7) is 1.63. The molecular formula is C24H28BrFN4O2. The fraction of sp³-hybridized carbons (Fsp3) is 0.458. The Kier molecular flexibility index (Phi) is 6.62. The molecule has 0 bridgehead atoms. The average Bonchev–Trinajstić information content (AvgIpc) is 3.53. The van der Waals surface area contributed by atoms with Crippen LogP contribution in [0.2, 0.25) is 0 Å². The lowest BCUT2D eigenvalue weighted by Crippen LogP contribution is -2.29. The highest BCUT2D eigenvalue weighted by Crippen LogP contribution is 2.37. The highest BCUT2D eigenvalue weighted by Gasteiger charge is 2.29. The molecule has 170 valence electrons. The molecule has 1 fully saturated rings. The number of aliphatic hydroxyl groups is 1. The van der Waals surface area contributed by atoms with E-state index >= 15 is 0 Å². The number of allylic oxidation sites excluding steroid dienone is 2. The third-order valence-electron chi connectivity index (χ3n) is 5.90. The Morgan fingerprint density at radius 2 is 2.16 bits per heavy atom. The number of alkyl halides is 1. The number of nitrogens with zero attached hydrogens (tertiary/aromatic N) is 4. The molecule has 8 heteroatoms. The third-order valence-corrected chi connectivity index (χ3v) is 6.81. The van der Waals surface area contributed by atoms with Crippen molar-refractivity contribution in [1.82, 2.24) is 19.7 Å². The van der Waals surface area contributed by atoms with E-state index in [9.17, 15) is 14.3 Å². The van der Waals surface area contributed by atoms with Gasteiger partial charge in [-0.1, -0.05) is 12.1 Å². The molecule has 32 heavy (non-hydrogen) atoms. The van der Waals surface area contributed by atoms with Crippen LogP contribution in [0.4, 0.5) is 9.18 Å². The SMILES string of the molecule is C[C@@H](O)C1=CC(F)CC=C1c1ncccc1Cc1c(Br)c(CC2CC2)nn1C(=O)N(C)C. The predicted octanol–water partition coefficient (Wildman–Crippen LogP) is 4.55. The van der Waals surface area contributed by atoms with Gasteiger partial charge < -0.3 is 10.0 Å². The summed E-state index contributed by atoms with van der Waals surface area (Å²) >= 11 is 3.71. The largest absolute Gasteiger partial charge is 0.389 e. The Morgan fingerprint density at radius 3 is 2.81 bits per heavy atom. The molecule has 1 amide bonds. The molecule has 2 aliphatic carbocycles. The molecule has 6 nitrogen and oxygen atoms in total. The standard InChI is InChI=1S/C24H28BrFN4O2/c1-14(31)19-13-17(26)8-9-18(19)23-16(5-4-10-27-23)12-21-22(25)20(11-15-6-7-15)28-30(21)24(32)29(2)3/h4-5,9-10,13-15,17,31H,6-8,11-12H2,1-3H3/t14-,17?/m1/s1. The van der Waals surface area contributed by atoms with Gasteiger partial charge in [-0.3, -0.25) is 4.98 Å². The van der Waals surface area contributed by atoms with Crippen molar-refractivity contribution in [2.24, 2.45) is 5.92 Å². The zero-order valence-corrected chi connectivity index (χ0v) is 20.1. The lowest BCUT2D eigenvalue weighted by atomic mass is 9.88. The first-order chi connectivity index (χ1) is 15.3. The second-order valence-electron chi connectivity index (χ2n) is 8.80. The normalized spacial score (nSPS) is 19.4. The van der Waals surface area contributed by atoms with E-state index in [-0.39, 0.29) is 12.5 Å². The Morgan fingerprint density at radius 1 is 1.41 bits per heavy atom. The lowest BCUT2D eigenvalue weighted by molar-refractivity contribution is 0.215. The van der Waals surface area contributed by atoms with Gasteiger partial charge in [0.15, 0.2) is 0 Å². The van der Waals surface area contributed by atoms with E-state index in [0.29, 0.717) is 23.6 Å². The van der Waals surface area contributed by atoms with Crippen LogP contribution in [0, 0.1) is 5.92 Å². The average molecular weight is 503 g/mol. The van der Waals surface area contributed by atoms with Crippen molar-refractivity contribution in [3.63, 3.8) is 0 Å². The van der Waals surface area contributed by atoms with Gasteiger partial charge in [0.25, 0.3) is 0 Å². The van der Waals surface area contributed by atoms with Crippen molar-refractivity contribution in [2.75, 3.05) is 14.1 Å². The maximum Gasteiger partial charge on any atom is 0.344 e. The molecule has 0 saturated heterocycles. The number of carbonyl (C=O) groups is 1. The van der Waals surface area contributed by atoms with Crippen molar-refractivity contribution in [3.8, 4) is 0 Å². The summed E-state index contributed by atoms with van der Waals surface area (Å²) in [5.74, 6) is 0.630. The smallest absolute Gasteiger partial charge is 0.344 e. The predicted molar refractivity (Wildman–Crippen MR) is 125 cm³/mol. The van der Waals surface area contributed by atoms with Gasteiger partial charge >= 0.3 is 6.03 Å². The van der Waals surface area contributed by atoms with E-state index in [2.05, 4.69) is 26.0 Å². The van der Waals surface area contributed by atoms with E-state index < -0.39 is 12.3 Å². The van der Waals surface area contributed by atoms with E-state index in [1.54, 1.807) is 33.3 Å². The van der Waals surface area contributed by atoms with E-state index in [1.165, 1.54) is 28.5 Å². The van der Waals surface area contributed by atoms with E-state index in [4.69, 9.17) is 0 Å². The van der Waals surface area contributed by atoms with Crippen LogP contribution in [0.25, 0.3) is 5.57 Å². The zero-order valence-electron chi connectivity index (χ0n) is 18.6. The quantitative estimate of drug-likeness (QED) is 0.628. The van der Waals surface area contributed by atoms with Crippen LogP contribution in [0.3, 0.4) is 0 Å². The maximum absolute atomic E-state index is 14.0. The van der Waals surface area contributed by atoms with Gasteiger partial charge in [-0.15, -0.1) is 0 Å². The van der Waals surface area contributed by atoms with Gasteiger partial charge in [0.1, 0.15) is 6.17 Å². The third kappa shape index (κ3) is 4.71. The van der Waals surface area contributed by atoms with Crippen LogP contribution in [0.5, 0.6) is 0 Å². The number of amides is 1. The molecule has 0 aromatic carbocycles. The Labute approximate surface area is 196 Å². The number of aromatic nitrogens is 3. The Bertz CT molecular complexity index is 1090. The fourth-order valence-electron chi connectivity index (χ4n) is 4.01. The summed E-state index contributed by atoms with van der Waals surface area (Å²) in [4.78, 5) is 19.0. The molecule has 2 aromatic heterocycles. The number of halogens is 2. The topological polar surface area (TPSA) is 71.2 Å². The molecule has 1 N–H and O–H groups in total. The molecule has 4 rings (SSSR count). The highest BCUT2D eigenvalue weighted by molar-refractivity contribution is 9.10. The first kappa shape index (κ1) is 22.9. The summed E-state index contributed by atoms with van der Waals surface area (Å²) < 4.78 is 16.3. The molecular weight excluding hydrogens is 475 g/mol. The highest BCUT2D eigenvalue weighted by atomic mass is 79.9. The molecule has 2 atom stereocenters. The molecule has 0 radical (unpaired) electrons. The molecule has 2 heterocycles. The van der Waals surface area contributed by atoms with Crippen LogP contribution >= 0.6 is 15.9 Å². The zero-order chi connectivity index (χ0) is 23.0. The second kappa shape index (κ2) is 9.27. The van der Waals surface area contributed by atoms with Gasteiger partial charge in [-0.2, -0.15) is 9.78 Å². The van der Waals surface area contributed by atoms with Crippen LogP contribution in [0.15, 0.2) is 40.5 Å². The van der Waals surface area contributed by atoms with Gasteiger partial charge in [0.2, 0.25) is 0 Å². The van der Waals surface area contributed by atoms with Crippen molar-refractivity contribution >= 4 is 27.5 Å². The van der Waals surface area contributed by atoms with Crippen molar-refractivity contribution in [1.29, 1.82) is 0 Å². The van der Waals surface area contributed by atoms with Crippen LogP contribution < -0.4 is 0 Å². The number of pyridine rings is 1. The summed E-state index contributed by atoms with van der Waals surface area (Å²) in [6.07, 6.45) is 6.94. The molecule has 2 aliphatic rings. The summed E-state index contributed by atoms with van der Waals surface area (Å²) in [5, 5.41) is 14.9. The Balaban J connectivity index is 1.75. The van der Waals surface area contributed by atoms with Crippen LogP contribution in [-0.4, -0.2) is 57.2 Å². The minimum Gasteiger partial charge on any atom is -0.389 e. The lowest BCUT2D eigenvalue weighted by Gasteiger charge is -2.22. The van der Waals surface area contributed by atoms with Gasteiger partial charge in [0.05, 0.1) is 27.7 Å². The van der Waals surface area contributed by atoms with Crippen molar-refractivity contribution < 1.29 is 14.3 Å². The fourth-order valence-corrected chi connectivity index (χ4v) is 4.56. The van der Waals surface area contributed by atoms with Gasteiger partial charge in [0, 0.05) is 38.7 Å². The van der Waals surface area contributed by atoms with E-state index in [0.717, 1.165) is 33.4 Å². The van der Waals surface area contributed by atoms with Crippen LogP contribution in [-0.2, 0) is 12.8 Å². The number of hydrogen-bond donors (Lipinski definition) is 1. The number of hydrogen-bond acceptors (Lipinski definition) is 4. The van der Waals surface area contributed by atoms with Crippen molar-refractivity contribution in [3.05, 3.63) is 63.2 Å². The molecule has 1 unspecified atom stereocenters. The van der Waals surface area contributed by atoms with Gasteiger partial charge in [-0.05, 0) is 71.3 Å². The number of rotatable bonds is 6. The summed E-state index contributed by atoms with van der Waals surface area (Å²) in [5.41, 5.74) is 4.50. The monoisotopic (exact) mass is 502 g/mol. The first-order valence-corrected chi connectivity index (χ1v) is 11.7. The van der Waals surface area contributed by atoms with Crippen LogP contribution in [0.1, 0.15) is 48.8 Å². The maximum atomic E-state index is 14.0. The van der Waals surface area contributed by atoms with Gasteiger partial charge in [-0.25, -0.2) is 9.18 Å². The summed E-state index contributed by atoms with van der Waals surface area (Å²) in [6, 6.07) is 3.59.